The van der Waals surface area contributed by atoms with Gasteiger partial charge in [-0.2, -0.15) is 4.39 Å². The number of aromatic amines is 1. The second kappa shape index (κ2) is 7.24. The van der Waals surface area contributed by atoms with Crippen LogP contribution in [0.1, 0.15) is 48.2 Å². The second-order valence-electron chi connectivity index (χ2n) is 7.39. The molecule has 0 radical (unpaired) electrons. The van der Waals surface area contributed by atoms with Gasteiger partial charge in [-0.3, -0.25) is 0 Å². The van der Waals surface area contributed by atoms with Crippen molar-refractivity contribution in [1.82, 2.24) is 24.9 Å². The highest BCUT2D eigenvalue weighted by molar-refractivity contribution is 5.83. The predicted molar refractivity (Wildman–Crippen MR) is 110 cm³/mol. The van der Waals surface area contributed by atoms with Crippen LogP contribution in [0.2, 0.25) is 0 Å². The number of anilines is 2. The van der Waals surface area contributed by atoms with Crippen molar-refractivity contribution < 1.29 is 4.39 Å². The number of hydrogen-bond acceptors (Lipinski definition) is 5. The molecule has 0 unspecified atom stereocenters. The molecular formula is C22H21FN6. The summed E-state index contributed by atoms with van der Waals surface area (Å²) in [7, 11) is 0. The van der Waals surface area contributed by atoms with Crippen LogP contribution >= 0.6 is 0 Å². The van der Waals surface area contributed by atoms with Gasteiger partial charge in [0.25, 0.3) is 0 Å². The maximum Gasteiger partial charge on any atom is 0.218 e. The van der Waals surface area contributed by atoms with Gasteiger partial charge in [0.05, 0.1) is 5.69 Å². The van der Waals surface area contributed by atoms with E-state index in [1.54, 1.807) is 18.5 Å². The van der Waals surface area contributed by atoms with Gasteiger partial charge in [0.15, 0.2) is 0 Å². The largest absolute Gasteiger partial charge is 0.346 e. The predicted octanol–water partition coefficient (Wildman–Crippen LogP) is 4.66. The maximum absolute atomic E-state index is 14.7. The zero-order valence-corrected chi connectivity index (χ0v) is 16.1. The molecule has 1 aliphatic carbocycles. The quantitative estimate of drug-likeness (QED) is 0.470. The van der Waals surface area contributed by atoms with Crippen molar-refractivity contribution in [3.05, 3.63) is 71.3 Å². The normalized spacial score (nSPS) is 13.7. The number of hydrogen-bond donors (Lipinski definition) is 2. The Morgan fingerprint density at radius 1 is 1.07 bits per heavy atom. The van der Waals surface area contributed by atoms with Crippen LogP contribution in [0, 0.1) is 5.95 Å². The number of aryl methyl sites for hydroxylation is 1. The van der Waals surface area contributed by atoms with Gasteiger partial charge in [0.1, 0.15) is 23.6 Å². The number of aromatic nitrogens is 5. The van der Waals surface area contributed by atoms with Crippen LogP contribution in [0.3, 0.4) is 0 Å². The molecule has 0 aromatic carbocycles. The first-order valence-electron chi connectivity index (χ1n) is 9.90. The molecular weight excluding hydrogens is 367 g/mol. The van der Waals surface area contributed by atoms with Gasteiger partial charge in [-0.25, -0.2) is 19.9 Å². The first kappa shape index (κ1) is 17.7. The molecule has 1 fully saturated rings. The van der Waals surface area contributed by atoms with Crippen LogP contribution in [-0.2, 0) is 12.8 Å². The summed E-state index contributed by atoms with van der Waals surface area (Å²) >= 11 is 0. The third-order valence-corrected chi connectivity index (χ3v) is 5.28. The van der Waals surface area contributed by atoms with E-state index < -0.39 is 5.95 Å². The van der Waals surface area contributed by atoms with Crippen LogP contribution in [-0.4, -0.2) is 24.9 Å². The molecule has 0 bridgehead atoms. The number of rotatable bonds is 6. The topological polar surface area (TPSA) is 79.4 Å². The Morgan fingerprint density at radius 2 is 1.93 bits per heavy atom. The van der Waals surface area contributed by atoms with Gasteiger partial charge >= 0.3 is 0 Å². The van der Waals surface area contributed by atoms with E-state index in [0.717, 1.165) is 47.2 Å². The van der Waals surface area contributed by atoms with E-state index in [9.17, 15) is 4.39 Å². The van der Waals surface area contributed by atoms with Crippen molar-refractivity contribution in [2.75, 3.05) is 5.32 Å². The minimum atomic E-state index is -0.485. The van der Waals surface area contributed by atoms with Crippen molar-refractivity contribution in [1.29, 1.82) is 0 Å². The monoisotopic (exact) mass is 388 g/mol. The number of nitrogens with zero attached hydrogens (tertiary/aromatic N) is 4. The Kier molecular flexibility index (Phi) is 4.42. The number of fused-ring (bicyclic) bond motifs is 1. The highest BCUT2D eigenvalue weighted by atomic mass is 19.1. The summed E-state index contributed by atoms with van der Waals surface area (Å²) in [6.07, 6.45) is 7.08. The van der Waals surface area contributed by atoms with E-state index in [2.05, 4.69) is 30.2 Å². The van der Waals surface area contributed by atoms with Crippen molar-refractivity contribution >= 4 is 22.7 Å². The smallest absolute Gasteiger partial charge is 0.218 e. The number of H-pyrrole nitrogens is 1. The highest BCUT2D eigenvalue weighted by Gasteiger charge is 2.28. The fraction of sp³-hybridized carbons (Fsp3) is 0.273. The lowest BCUT2D eigenvalue weighted by Gasteiger charge is -2.09. The van der Waals surface area contributed by atoms with E-state index in [1.807, 2.05) is 31.3 Å². The molecule has 7 heteroatoms. The van der Waals surface area contributed by atoms with Gasteiger partial charge in [0.2, 0.25) is 5.95 Å². The van der Waals surface area contributed by atoms with Crippen LogP contribution in [0.15, 0.2) is 42.9 Å². The summed E-state index contributed by atoms with van der Waals surface area (Å²) in [5.74, 6) is 1.11. The van der Waals surface area contributed by atoms with Gasteiger partial charge in [-0.05, 0) is 43.0 Å². The Morgan fingerprint density at radius 3 is 2.72 bits per heavy atom. The maximum atomic E-state index is 14.7. The molecule has 1 aliphatic rings. The molecule has 0 amide bonds. The lowest BCUT2D eigenvalue weighted by molar-refractivity contribution is 0.572. The van der Waals surface area contributed by atoms with Crippen molar-refractivity contribution in [3.8, 4) is 0 Å². The third-order valence-electron chi connectivity index (χ3n) is 5.28. The highest BCUT2D eigenvalue weighted by Crippen LogP contribution is 2.42. The standard InChI is InChI=1S/C22H21FN6/c1-2-16-4-3-5-17(27-16)28-18-9-8-14(21(23)29-18)10-15-11-24-22-19(15)20(13-6-7-13)25-12-26-22/h3-5,8-9,11-13H,2,6-7,10H2,1H3,(H,24,25,26)(H,27,28,29). The van der Waals surface area contributed by atoms with Gasteiger partial charge < -0.3 is 10.3 Å². The molecule has 29 heavy (non-hydrogen) atoms. The molecule has 0 saturated heterocycles. The van der Waals surface area contributed by atoms with Gasteiger partial charge in [0, 0.05) is 35.2 Å². The van der Waals surface area contributed by atoms with Crippen molar-refractivity contribution in [2.24, 2.45) is 0 Å². The fourth-order valence-electron chi connectivity index (χ4n) is 3.61. The Labute approximate surface area is 167 Å². The number of nitrogens with one attached hydrogen (secondary N) is 2. The zero-order chi connectivity index (χ0) is 19.8. The zero-order valence-electron chi connectivity index (χ0n) is 16.1. The Bertz CT molecular complexity index is 1180. The fourth-order valence-corrected chi connectivity index (χ4v) is 3.61. The number of pyridine rings is 2. The van der Waals surface area contributed by atoms with Crippen LogP contribution in [0.25, 0.3) is 11.0 Å². The molecule has 6 nitrogen and oxygen atoms in total. The molecule has 0 aliphatic heterocycles. The first-order valence-corrected chi connectivity index (χ1v) is 9.90. The molecule has 2 N–H and O–H groups in total. The second-order valence-corrected chi connectivity index (χ2v) is 7.39. The average Bonchev–Trinajstić information content (AvgIpc) is 3.51. The lowest BCUT2D eigenvalue weighted by atomic mass is 10.0. The van der Waals surface area contributed by atoms with Gasteiger partial charge in [-0.1, -0.05) is 19.1 Å². The summed E-state index contributed by atoms with van der Waals surface area (Å²) in [6.45, 7) is 2.04. The molecule has 5 rings (SSSR count). The summed E-state index contributed by atoms with van der Waals surface area (Å²) in [6, 6.07) is 9.29. The van der Waals surface area contributed by atoms with Crippen LogP contribution in [0.4, 0.5) is 16.0 Å². The minimum absolute atomic E-state index is 0.438. The molecule has 4 heterocycles. The first-order chi connectivity index (χ1) is 14.2. The minimum Gasteiger partial charge on any atom is -0.346 e. The van der Waals surface area contributed by atoms with E-state index in [-0.39, 0.29) is 0 Å². The van der Waals surface area contributed by atoms with E-state index in [0.29, 0.717) is 29.5 Å². The van der Waals surface area contributed by atoms with E-state index >= 15 is 0 Å². The SMILES string of the molecule is CCc1cccc(Nc2ccc(Cc3c[nH]c4ncnc(C5CC5)c34)c(F)n2)n1. The van der Waals surface area contributed by atoms with E-state index in [1.165, 1.54) is 0 Å². The molecule has 0 atom stereocenters. The van der Waals surface area contributed by atoms with Crippen molar-refractivity contribution in [3.63, 3.8) is 0 Å². The molecule has 146 valence electrons. The molecule has 4 aromatic heterocycles. The Balaban J connectivity index is 1.41. The molecule has 1 saturated carbocycles. The lowest BCUT2D eigenvalue weighted by Crippen LogP contribution is -2.02. The summed E-state index contributed by atoms with van der Waals surface area (Å²) in [5.41, 5.74) is 4.39. The summed E-state index contributed by atoms with van der Waals surface area (Å²) in [4.78, 5) is 20.6. The summed E-state index contributed by atoms with van der Waals surface area (Å²) < 4.78 is 14.7. The van der Waals surface area contributed by atoms with E-state index in [4.69, 9.17) is 0 Å². The third kappa shape index (κ3) is 3.55. The number of halogens is 1. The van der Waals surface area contributed by atoms with Crippen LogP contribution < -0.4 is 5.32 Å². The van der Waals surface area contributed by atoms with Gasteiger partial charge in [-0.15, -0.1) is 0 Å². The summed E-state index contributed by atoms with van der Waals surface area (Å²) in [5, 5.41) is 4.10. The van der Waals surface area contributed by atoms with Crippen LogP contribution in [0.5, 0.6) is 0 Å². The average molecular weight is 388 g/mol. The molecule has 0 spiro atoms. The molecule has 4 aromatic rings. The van der Waals surface area contributed by atoms with Crippen molar-refractivity contribution in [2.45, 2.75) is 38.5 Å². The Hall–Kier alpha value is -3.35.